The third-order valence-corrected chi connectivity index (χ3v) is 5.68. The maximum Gasteiger partial charge on any atom is 0.218 e. The van der Waals surface area contributed by atoms with Gasteiger partial charge in [-0.05, 0) is 11.5 Å². The van der Waals surface area contributed by atoms with Crippen LogP contribution in [0.25, 0.3) is 0 Å². The number of nitriles is 2. The molecule has 5 atom stereocenters. The van der Waals surface area contributed by atoms with E-state index in [1.807, 2.05) is 44.2 Å². The molecule has 0 unspecified atom stereocenters. The number of amidine groups is 1. The Morgan fingerprint density at radius 3 is 2.36 bits per heavy atom. The molecule has 126 valence electrons. The van der Waals surface area contributed by atoms with E-state index in [1.165, 1.54) is 0 Å². The maximum atomic E-state index is 10.3. The van der Waals surface area contributed by atoms with Gasteiger partial charge in [0.05, 0.1) is 24.2 Å². The Morgan fingerprint density at radius 1 is 1.16 bits per heavy atom. The molecular formula is C19H18N4O2. The quantitative estimate of drug-likeness (QED) is 0.898. The summed E-state index contributed by atoms with van der Waals surface area (Å²) < 4.78 is 12.3. The minimum Gasteiger partial charge on any atom is -0.447 e. The van der Waals surface area contributed by atoms with Crippen LogP contribution in [-0.4, -0.2) is 23.6 Å². The molecular weight excluding hydrogens is 316 g/mol. The molecule has 6 heteroatoms. The summed E-state index contributed by atoms with van der Waals surface area (Å²) in [5, 5.41) is 29.0. The number of hydrogen-bond donors (Lipinski definition) is 1. The minimum atomic E-state index is -1.43. The molecule has 25 heavy (non-hydrogen) atoms. The fourth-order valence-electron chi connectivity index (χ4n) is 4.76. The van der Waals surface area contributed by atoms with E-state index in [0.29, 0.717) is 0 Å². The third-order valence-electron chi connectivity index (χ3n) is 5.68. The highest BCUT2D eigenvalue weighted by molar-refractivity contribution is 6.13. The normalized spacial score (nSPS) is 41.0. The van der Waals surface area contributed by atoms with Crippen molar-refractivity contribution in [3.8, 4) is 12.1 Å². The Balaban J connectivity index is 2.07. The third kappa shape index (κ3) is 1.52. The van der Waals surface area contributed by atoms with Crippen LogP contribution in [0.5, 0.6) is 0 Å². The van der Waals surface area contributed by atoms with Gasteiger partial charge in [0.2, 0.25) is 11.7 Å². The van der Waals surface area contributed by atoms with E-state index in [2.05, 4.69) is 17.1 Å². The lowest BCUT2D eigenvalue weighted by molar-refractivity contribution is -0.321. The lowest BCUT2D eigenvalue weighted by Crippen LogP contribution is -2.73. The van der Waals surface area contributed by atoms with Gasteiger partial charge in [-0.1, -0.05) is 44.2 Å². The van der Waals surface area contributed by atoms with Crippen molar-refractivity contribution in [3.63, 3.8) is 0 Å². The van der Waals surface area contributed by atoms with E-state index in [0.717, 1.165) is 5.56 Å². The summed E-state index contributed by atoms with van der Waals surface area (Å²) in [6.45, 7) is 5.67. The van der Waals surface area contributed by atoms with E-state index in [9.17, 15) is 10.5 Å². The molecule has 1 aromatic carbocycles. The zero-order chi connectivity index (χ0) is 18.0. The second-order valence-corrected chi connectivity index (χ2v) is 7.35. The molecule has 6 nitrogen and oxygen atoms in total. The van der Waals surface area contributed by atoms with Crippen molar-refractivity contribution < 1.29 is 9.47 Å². The topological polar surface area (TPSA) is 102 Å². The lowest BCUT2D eigenvalue weighted by Gasteiger charge is -2.61. The molecule has 1 N–H and O–H groups in total. The summed E-state index contributed by atoms with van der Waals surface area (Å²) in [6, 6.07) is 14.0. The lowest BCUT2D eigenvalue weighted by atomic mass is 9.49. The highest BCUT2D eigenvalue weighted by Crippen LogP contribution is 2.69. The highest BCUT2D eigenvalue weighted by atomic mass is 16.7. The standard InChI is InChI=1S/C19H18N4O2/c1-11(2)14-19(10-21)16-23-15(22)18(19,9-20)13(17(3,24-14)25-16)12-7-5-4-6-8-12/h4-8,11,13-14,22H,1-3H3/t13-,14-,17+,18+,19-/m1/s1. The Morgan fingerprint density at radius 2 is 1.80 bits per heavy atom. The van der Waals surface area contributed by atoms with Gasteiger partial charge in [0.15, 0.2) is 10.8 Å². The second kappa shape index (κ2) is 4.68. The van der Waals surface area contributed by atoms with Crippen LogP contribution in [0.4, 0.5) is 0 Å². The summed E-state index contributed by atoms with van der Waals surface area (Å²) in [6.07, 6.45) is -0.572. The van der Waals surface area contributed by atoms with Gasteiger partial charge in [-0.25, -0.2) is 0 Å². The van der Waals surface area contributed by atoms with Crippen LogP contribution < -0.4 is 0 Å². The van der Waals surface area contributed by atoms with Crippen molar-refractivity contribution in [2.24, 2.45) is 21.7 Å². The molecule has 0 saturated carbocycles. The van der Waals surface area contributed by atoms with Crippen molar-refractivity contribution >= 4 is 11.7 Å². The fraction of sp³-hybridized carbons (Fsp3) is 0.474. The summed E-state index contributed by atoms with van der Waals surface area (Å²) in [5.74, 6) is -1.78. The molecule has 0 spiro atoms. The first kappa shape index (κ1) is 15.8. The minimum absolute atomic E-state index is 0.0385. The second-order valence-electron chi connectivity index (χ2n) is 7.35. The molecule has 0 aliphatic carbocycles. The van der Waals surface area contributed by atoms with Gasteiger partial charge in [0, 0.05) is 6.92 Å². The SMILES string of the molecule is CC(C)[C@H]1O[C@@]2(C)OC3=NC(=N)[C@](C#N)([C@@H]2c2ccccc2)[C@@]31C#N. The molecule has 3 fully saturated rings. The van der Waals surface area contributed by atoms with Crippen molar-refractivity contribution in [1.82, 2.24) is 0 Å². The van der Waals surface area contributed by atoms with Gasteiger partial charge >= 0.3 is 0 Å². The number of nitrogens with one attached hydrogen (secondary N) is 1. The molecule has 0 radical (unpaired) electrons. The van der Waals surface area contributed by atoms with Crippen molar-refractivity contribution in [2.75, 3.05) is 0 Å². The van der Waals surface area contributed by atoms with E-state index in [-0.39, 0.29) is 17.7 Å². The number of hydrogen-bond acceptors (Lipinski definition) is 5. The van der Waals surface area contributed by atoms with Gasteiger partial charge < -0.3 is 9.47 Å². The van der Waals surface area contributed by atoms with E-state index in [1.54, 1.807) is 6.92 Å². The van der Waals surface area contributed by atoms with Crippen molar-refractivity contribution in [2.45, 2.75) is 38.6 Å². The molecule has 4 heterocycles. The molecule has 1 aromatic rings. The van der Waals surface area contributed by atoms with Crippen LogP contribution in [0.1, 0.15) is 32.3 Å². The number of fused-ring (bicyclic) bond motifs is 1. The predicted molar refractivity (Wildman–Crippen MR) is 89.6 cm³/mol. The van der Waals surface area contributed by atoms with Crippen LogP contribution in [0.15, 0.2) is 35.3 Å². The van der Waals surface area contributed by atoms with E-state index >= 15 is 0 Å². The van der Waals surface area contributed by atoms with Crippen LogP contribution in [0.3, 0.4) is 0 Å². The van der Waals surface area contributed by atoms with Crippen LogP contribution >= 0.6 is 0 Å². The van der Waals surface area contributed by atoms with E-state index in [4.69, 9.17) is 14.9 Å². The van der Waals surface area contributed by atoms with Gasteiger partial charge in [0.25, 0.3) is 0 Å². The summed E-state index contributed by atoms with van der Waals surface area (Å²) >= 11 is 0. The predicted octanol–water partition coefficient (Wildman–Crippen LogP) is 2.98. The Hall–Kier alpha value is -2.70. The smallest absolute Gasteiger partial charge is 0.218 e. The number of rotatable bonds is 2. The number of aliphatic imine (C=N–C) groups is 1. The van der Waals surface area contributed by atoms with Crippen molar-refractivity contribution in [1.29, 1.82) is 15.9 Å². The number of benzene rings is 1. The van der Waals surface area contributed by atoms with Gasteiger partial charge in [-0.2, -0.15) is 15.5 Å². The van der Waals surface area contributed by atoms with Crippen LogP contribution in [0, 0.1) is 44.8 Å². The van der Waals surface area contributed by atoms with E-state index < -0.39 is 28.6 Å². The summed E-state index contributed by atoms with van der Waals surface area (Å²) in [5.41, 5.74) is -2.04. The Bertz CT molecular complexity index is 881. The largest absolute Gasteiger partial charge is 0.447 e. The average Bonchev–Trinajstić information content (AvgIpc) is 2.79. The molecule has 4 aliphatic rings. The van der Waals surface area contributed by atoms with Gasteiger partial charge in [-0.3, -0.25) is 5.41 Å². The van der Waals surface area contributed by atoms with Crippen LogP contribution in [0.2, 0.25) is 0 Å². The summed E-state index contributed by atoms with van der Waals surface area (Å²) in [4.78, 5) is 4.23. The summed E-state index contributed by atoms with van der Waals surface area (Å²) in [7, 11) is 0. The molecule has 3 saturated heterocycles. The first-order valence-corrected chi connectivity index (χ1v) is 8.30. The first-order chi connectivity index (χ1) is 11.9. The number of nitrogens with zero attached hydrogens (tertiary/aromatic N) is 3. The molecule has 4 bridgehead atoms. The highest BCUT2D eigenvalue weighted by Gasteiger charge is 2.83. The zero-order valence-electron chi connectivity index (χ0n) is 14.3. The molecule has 0 aromatic heterocycles. The first-order valence-electron chi connectivity index (χ1n) is 8.30. The zero-order valence-corrected chi connectivity index (χ0v) is 14.3. The fourth-order valence-corrected chi connectivity index (χ4v) is 4.76. The Labute approximate surface area is 146 Å². The average molecular weight is 334 g/mol. The molecule has 4 aliphatic heterocycles. The number of ether oxygens (including phenoxy) is 2. The molecule has 0 amide bonds. The maximum absolute atomic E-state index is 10.3. The van der Waals surface area contributed by atoms with Gasteiger partial charge in [0.1, 0.15) is 5.84 Å². The van der Waals surface area contributed by atoms with Crippen molar-refractivity contribution in [3.05, 3.63) is 35.9 Å². The monoisotopic (exact) mass is 334 g/mol. The molecule has 5 rings (SSSR count). The van der Waals surface area contributed by atoms with Gasteiger partial charge in [-0.15, -0.1) is 0 Å². The Kier molecular flexibility index (Phi) is 2.96. The van der Waals surface area contributed by atoms with Crippen LogP contribution in [-0.2, 0) is 9.47 Å².